The van der Waals surface area contributed by atoms with Gasteiger partial charge in [-0.3, -0.25) is 19.3 Å². The van der Waals surface area contributed by atoms with Gasteiger partial charge in [0.1, 0.15) is 23.2 Å². The van der Waals surface area contributed by atoms with Crippen LogP contribution < -0.4 is 19.1 Å². The second-order valence-corrected chi connectivity index (χ2v) is 8.23. The fourth-order valence-corrected chi connectivity index (χ4v) is 4.37. The van der Waals surface area contributed by atoms with Gasteiger partial charge in [0.15, 0.2) is 5.78 Å². The molecule has 0 radical (unpaired) electrons. The van der Waals surface area contributed by atoms with E-state index in [0.717, 1.165) is 5.56 Å². The highest BCUT2D eigenvalue weighted by Gasteiger charge is 2.53. The predicted molar refractivity (Wildman–Crippen MR) is 131 cm³/mol. The lowest BCUT2D eigenvalue weighted by Crippen LogP contribution is -2.31. The number of ketones is 2. The van der Waals surface area contributed by atoms with Gasteiger partial charge >= 0.3 is 0 Å². The van der Waals surface area contributed by atoms with Gasteiger partial charge in [-0.25, -0.2) is 0 Å². The van der Waals surface area contributed by atoms with Crippen LogP contribution in [0.3, 0.4) is 0 Å². The van der Waals surface area contributed by atoms with E-state index in [-0.39, 0.29) is 0 Å². The van der Waals surface area contributed by atoms with E-state index in [1.807, 2.05) is 13.8 Å². The number of amides is 1. The molecule has 4 rings (SSSR count). The van der Waals surface area contributed by atoms with Crippen LogP contribution in [0, 0.1) is 12.8 Å². The Morgan fingerprint density at radius 3 is 2.14 bits per heavy atom. The molecular formula is C28H27NO6. The minimum absolute atomic E-state index is 0.363. The zero-order chi connectivity index (χ0) is 25.1. The Labute approximate surface area is 204 Å². The molecule has 3 aromatic rings. The summed E-state index contributed by atoms with van der Waals surface area (Å²) >= 11 is 0. The van der Waals surface area contributed by atoms with Crippen molar-refractivity contribution in [3.63, 3.8) is 0 Å². The highest BCUT2D eigenvalue weighted by Crippen LogP contribution is 2.45. The quantitative estimate of drug-likeness (QED) is 0.271. The molecule has 0 aliphatic carbocycles. The van der Waals surface area contributed by atoms with Crippen LogP contribution in [0.2, 0.25) is 0 Å². The van der Waals surface area contributed by atoms with Crippen LogP contribution in [0.5, 0.6) is 17.2 Å². The second kappa shape index (κ2) is 10.0. The van der Waals surface area contributed by atoms with Crippen LogP contribution in [-0.4, -0.2) is 38.3 Å². The van der Waals surface area contributed by atoms with Crippen molar-refractivity contribution in [2.45, 2.75) is 19.9 Å². The second-order valence-electron chi connectivity index (χ2n) is 8.23. The summed E-state index contributed by atoms with van der Waals surface area (Å²) in [5.41, 5.74) is 2.32. The standard InChI is InChI=1S/C28H27NO6/c1-5-35-20-12-10-19(11-13-20)29-25(22-16-21(33-3)14-15-23(22)34-4)24(27(31)28(29)32)26(30)18-8-6-17(2)7-9-18/h6-16,24-25H,5H2,1-4H3. The number of hydrogen-bond donors (Lipinski definition) is 0. The Morgan fingerprint density at radius 1 is 0.886 bits per heavy atom. The number of rotatable bonds is 8. The number of ether oxygens (including phenoxy) is 3. The summed E-state index contributed by atoms with van der Waals surface area (Å²) in [6.45, 7) is 4.29. The van der Waals surface area contributed by atoms with Crippen molar-refractivity contribution in [3.05, 3.63) is 83.4 Å². The van der Waals surface area contributed by atoms with Gasteiger partial charge in [-0.2, -0.15) is 0 Å². The summed E-state index contributed by atoms with van der Waals surface area (Å²) in [5, 5.41) is 0. The van der Waals surface area contributed by atoms with Gasteiger partial charge in [-0.15, -0.1) is 0 Å². The van der Waals surface area contributed by atoms with E-state index in [2.05, 4.69) is 0 Å². The zero-order valence-electron chi connectivity index (χ0n) is 20.1. The zero-order valence-corrected chi connectivity index (χ0v) is 20.1. The maximum absolute atomic E-state index is 13.7. The van der Waals surface area contributed by atoms with Crippen molar-refractivity contribution in [1.82, 2.24) is 0 Å². The highest BCUT2D eigenvalue weighted by atomic mass is 16.5. The van der Waals surface area contributed by atoms with Gasteiger partial charge in [-0.05, 0) is 56.3 Å². The lowest BCUT2D eigenvalue weighted by molar-refractivity contribution is -0.135. The lowest BCUT2D eigenvalue weighted by Gasteiger charge is -2.29. The van der Waals surface area contributed by atoms with Crippen molar-refractivity contribution >= 4 is 23.2 Å². The molecular weight excluding hydrogens is 446 g/mol. The first-order valence-electron chi connectivity index (χ1n) is 11.3. The summed E-state index contributed by atoms with van der Waals surface area (Å²) in [4.78, 5) is 41.8. The molecule has 0 spiro atoms. The topological polar surface area (TPSA) is 82.1 Å². The molecule has 2 unspecified atom stereocenters. The molecule has 2 atom stereocenters. The van der Waals surface area contributed by atoms with Crippen LogP contribution >= 0.6 is 0 Å². The third kappa shape index (κ3) is 4.49. The number of benzene rings is 3. The molecule has 3 aromatic carbocycles. The highest BCUT2D eigenvalue weighted by molar-refractivity contribution is 6.49. The van der Waals surface area contributed by atoms with Gasteiger partial charge < -0.3 is 14.2 Å². The number of carbonyl (C=O) groups is 3. The SMILES string of the molecule is CCOc1ccc(N2C(=O)C(=O)C(C(=O)c3ccc(C)cc3)C2c2cc(OC)ccc2OC)cc1. The summed E-state index contributed by atoms with van der Waals surface area (Å²) in [6, 6.07) is 18.0. The number of nitrogens with zero attached hydrogens (tertiary/aromatic N) is 1. The van der Waals surface area contributed by atoms with Crippen molar-refractivity contribution in [1.29, 1.82) is 0 Å². The maximum atomic E-state index is 13.7. The fourth-order valence-electron chi connectivity index (χ4n) is 4.37. The number of carbonyl (C=O) groups excluding carboxylic acids is 3. The number of methoxy groups -OCH3 is 2. The Morgan fingerprint density at radius 2 is 1.54 bits per heavy atom. The molecule has 1 aliphatic rings. The van der Waals surface area contributed by atoms with Gasteiger partial charge in [0.2, 0.25) is 5.78 Å². The van der Waals surface area contributed by atoms with E-state index < -0.39 is 29.4 Å². The number of hydrogen-bond acceptors (Lipinski definition) is 6. The molecule has 35 heavy (non-hydrogen) atoms. The van der Waals surface area contributed by atoms with Crippen molar-refractivity contribution < 1.29 is 28.6 Å². The molecule has 7 nitrogen and oxygen atoms in total. The van der Waals surface area contributed by atoms with Crippen molar-refractivity contribution in [2.75, 3.05) is 25.7 Å². The van der Waals surface area contributed by atoms with Crippen molar-refractivity contribution in [3.8, 4) is 17.2 Å². The summed E-state index contributed by atoms with van der Waals surface area (Å²) in [5.74, 6) is -1.60. The Bertz CT molecular complexity index is 1250. The molecule has 0 bridgehead atoms. The molecule has 1 aliphatic heterocycles. The Hall–Kier alpha value is -4.13. The van der Waals surface area contributed by atoms with Gasteiger partial charge in [0.05, 0.1) is 26.9 Å². The number of aryl methyl sites for hydroxylation is 1. The molecule has 1 heterocycles. The predicted octanol–water partition coefficient (Wildman–Crippen LogP) is 4.57. The van der Waals surface area contributed by atoms with E-state index in [4.69, 9.17) is 14.2 Å². The first-order chi connectivity index (χ1) is 16.9. The van der Waals surface area contributed by atoms with E-state index in [1.165, 1.54) is 19.1 Å². The van der Waals surface area contributed by atoms with Gasteiger partial charge in [0.25, 0.3) is 5.91 Å². The van der Waals surface area contributed by atoms with Gasteiger partial charge in [-0.1, -0.05) is 29.8 Å². The molecule has 180 valence electrons. The average Bonchev–Trinajstić information content (AvgIpc) is 3.14. The molecule has 1 saturated heterocycles. The number of anilines is 1. The number of Topliss-reactive ketones (excluding diaryl/α,β-unsaturated/α-hetero) is 2. The van der Waals surface area contributed by atoms with Gasteiger partial charge in [0, 0.05) is 16.8 Å². The summed E-state index contributed by atoms with van der Waals surface area (Å²) in [6.07, 6.45) is 0. The first-order valence-corrected chi connectivity index (χ1v) is 11.3. The Balaban J connectivity index is 1.89. The lowest BCUT2D eigenvalue weighted by atomic mass is 9.85. The summed E-state index contributed by atoms with van der Waals surface area (Å²) < 4.78 is 16.5. The van der Waals surface area contributed by atoms with E-state index >= 15 is 0 Å². The van der Waals surface area contributed by atoms with Crippen molar-refractivity contribution in [2.24, 2.45) is 5.92 Å². The Kier molecular flexibility index (Phi) is 6.87. The molecule has 1 amide bonds. The van der Waals surface area contributed by atoms with Crippen LogP contribution in [0.1, 0.15) is 34.5 Å². The smallest absolute Gasteiger partial charge is 0.295 e. The molecule has 0 aromatic heterocycles. The van der Waals surface area contributed by atoms with Crippen LogP contribution in [0.4, 0.5) is 5.69 Å². The maximum Gasteiger partial charge on any atom is 0.295 e. The molecule has 7 heteroatoms. The van der Waals surface area contributed by atoms with Crippen LogP contribution in [0.25, 0.3) is 0 Å². The monoisotopic (exact) mass is 473 g/mol. The average molecular weight is 474 g/mol. The molecule has 0 N–H and O–H groups in total. The fraction of sp³-hybridized carbons (Fsp3) is 0.250. The van der Waals surface area contributed by atoms with Crippen LogP contribution in [-0.2, 0) is 9.59 Å². The largest absolute Gasteiger partial charge is 0.497 e. The summed E-state index contributed by atoms with van der Waals surface area (Å²) in [7, 11) is 3.03. The third-order valence-corrected chi connectivity index (χ3v) is 6.11. The van der Waals surface area contributed by atoms with Crippen LogP contribution in [0.15, 0.2) is 66.7 Å². The molecule has 0 saturated carbocycles. The minimum Gasteiger partial charge on any atom is -0.497 e. The normalized spacial score (nSPS) is 17.4. The van der Waals surface area contributed by atoms with E-state index in [1.54, 1.807) is 66.7 Å². The van der Waals surface area contributed by atoms with E-state index in [0.29, 0.717) is 40.7 Å². The first kappa shape index (κ1) is 24.0. The minimum atomic E-state index is -1.25. The van der Waals surface area contributed by atoms with E-state index in [9.17, 15) is 14.4 Å². The third-order valence-electron chi connectivity index (χ3n) is 6.11. The molecule has 1 fully saturated rings.